The van der Waals surface area contributed by atoms with Gasteiger partial charge in [0.05, 0.1) is 5.56 Å². The van der Waals surface area contributed by atoms with Crippen LogP contribution in [0.2, 0.25) is 0 Å². The molecule has 2 heterocycles. The number of nitrogens with zero attached hydrogens (tertiary/aromatic N) is 2. The van der Waals surface area contributed by atoms with Gasteiger partial charge in [-0.25, -0.2) is 9.78 Å². The molecule has 0 spiro atoms. The topological polar surface area (TPSA) is 63.1 Å². The normalized spacial score (nSPS) is 10.0. The van der Waals surface area contributed by atoms with Crippen LogP contribution in [0.4, 0.5) is 0 Å². The Balaban J connectivity index is 2.22. The van der Waals surface area contributed by atoms with E-state index < -0.39 is 5.97 Å². The summed E-state index contributed by atoms with van der Waals surface area (Å²) in [4.78, 5) is 19.7. The van der Waals surface area contributed by atoms with Crippen LogP contribution in [0.15, 0.2) is 52.8 Å². The molecule has 4 nitrogen and oxygen atoms in total. The van der Waals surface area contributed by atoms with E-state index in [1.165, 1.54) is 24.0 Å². The molecule has 0 aromatic carbocycles. The molecule has 2 aromatic rings. The Morgan fingerprint density at radius 1 is 1.19 bits per heavy atom. The summed E-state index contributed by atoms with van der Waals surface area (Å²) in [6.07, 6.45) is 4.86. The first kappa shape index (κ1) is 10.6. The summed E-state index contributed by atoms with van der Waals surface area (Å²) in [6.45, 7) is 0. The Hall–Kier alpha value is -1.88. The molecule has 0 fully saturated rings. The molecule has 0 saturated heterocycles. The number of hydrogen-bond acceptors (Lipinski definition) is 4. The zero-order valence-corrected chi connectivity index (χ0v) is 9.02. The third-order valence-electron chi connectivity index (χ3n) is 1.85. The Labute approximate surface area is 96.4 Å². The highest BCUT2D eigenvalue weighted by atomic mass is 32.2. The maximum Gasteiger partial charge on any atom is 0.335 e. The van der Waals surface area contributed by atoms with E-state index in [2.05, 4.69) is 9.97 Å². The van der Waals surface area contributed by atoms with Gasteiger partial charge >= 0.3 is 5.97 Å². The van der Waals surface area contributed by atoms with E-state index in [9.17, 15) is 4.79 Å². The number of carboxylic acids is 1. The number of carboxylic acid groups (broad SMARTS) is 1. The fourth-order valence-corrected chi connectivity index (χ4v) is 1.92. The van der Waals surface area contributed by atoms with Crippen LogP contribution in [0.25, 0.3) is 0 Å². The van der Waals surface area contributed by atoms with E-state index in [1.807, 2.05) is 12.1 Å². The molecular weight excluding hydrogens is 224 g/mol. The molecular formula is C11H8N2O2S. The fraction of sp³-hybridized carbons (Fsp3) is 0. The van der Waals surface area contributed by atoms with Gasteiger partial charge in [0.15, 0.2) is 0 Å². The van der Waals surface area contributed by atoms with E-state index >= 15 is 0 Å². The lowest BCUT2D eigenvalue weighted by Gasteiger charge is -2.00. The number of aromatic carboxylic acids is 1. The second-order valence-corrected chi connectivity index (χ2v) is 4.07. The maximum absolute atomic E-state index is 10.8. The molecule has 0 radical (unpaired) electrons. The van der Waals surface area contributed by atoms with Crippen molar-refractivity contribution in [3.05, 3.63) is 48.4 Å². The quantitative estimate of drug-likeness (QED) is 0.879. The van der Waals surface area contributed by atoms with Crippen LogP contribution < -0.4 is 0 Å². The summed E-state index contributed by atoms with van der Waals surface area (Å²) in [7, 11) is 0. The van der Waals surface area contributed by atoms with Crippen molar-refractivity contribution in [2.75, 3.05) is 0 Å². The average Bonchev–Trinajstić information content (AvgIpc) is 2.30. The Kier molecular flexibility index (Phi) is 3.16. The van der Waals surface area contributed by atoms with Crippen LogP contribution in [-0.2, 0) is 0 Å². The predicted molar refractivity (Wildman–Crippen MR) is 59.6 cm³/mol. The number of hydrogen-bond donors (Lipinski definition) is 1. The highest BCUT2D eigenvalue weighted by Gasteiger charge is 2.05. The lowest BCUT2D eigenvalue weighted by molar-refractivity contribution is 0.0696. The van der Waals surface area contributed by atoms with Crippen molar-refractivity contribution in [1.82, 2.24) is 9.97 Å². The second-order valence-electron chi connectivity index (χ2n) is 2.97. The van der Waals surface area contributed by atoms with Gasteiger partial charge in [-0.3, -0.25) is 4.98 Å². The van der Waals surface area contributed by atoms with Crippen LogP contribution in [0, 0.1) is 0 Å². The van der Waals surface area contributed by atoms with Gasteiger partial charge in [-0.05, 0) is 24.3 Å². The predicted octanol–water partition coefficient (Wildman–Crippen LogP) is 2.33. The second kappa shape index (κ2) is 4.76. The molecule has 0 atom stereocenters. The van der Waals surface area contributed by atoms with E-state index in [0.717, 1.165) is 4.90 Å². The molecule has 2 aromatic heterocycles. The largest absolute Gasteiger partial charge is 0.478 e. The van der Waals surface area contributed by atoms with Gasteiger partial charge in [0.1, 0.15) is 5.03 Å². The molecule has 1 N–H and O–H groups in total. The summed E-state index contributed by atoms with van der Waals surface area (Å²) in [5.41, 5.74) is 0.242. The maximum atomic E-state index is 10.8. The van der Waals surface area contributed by atoms with Gasteiger partial charge in [-0.1, -0.05) is 11.8 Å². The summed E-state index contributed by atoms with van der Waals surface area (Å²) in [5.74, 6) is -0.945. The van der Waals surface area contributed by atoms with Crippen LogP contribution in [0.3, 0.4) is 0 Å². The fourth-order valence-electron chi connectivity index (χ4n) is 1.13. The van der Waals surface area contributed by atoms with E-state index in [4.69, 9.17) is 5.11 Å². The lowest BCUT2D eigenvalue weighted by atomic mass is 10.3. The molecule has 80 valence electrons. The Bertz CT molecular complexity index is 502. The van der Waals surface area contributed by atoms with Gasteiger partial charge in [0, 0.05) is 23.5 Å². The van der Waals surface area contributed by atoms with E-state index in [1.54, 1.807) is 18.5 Å². The monoisotopic (exact) mass is 232 g/mol. The smallest absolute Gasteiger partial charge is 0.335 e. The van der Waals surface area contributed by atoms with Crippen molar-refractivity contribution >= 4 is 17.7 Å². The molecule has 0 unspecified atom stereocenters. The zero-order chi connectivity index (χ0) is 11.4. The van der Waals surface area contributed by atoms with Crippen molar-refractivity contribution in [2.45, 2.75) is 9.92 Å². The molecule has 0 saturated carbocycles. The molecule has 16 heavy (non-hydrogen) atoms. The summed E-state index contributed by atoms with van der Waals surface area (Å²) < 4.78 is 0. The average molecular weight is 232 g/mol. The summed E-state index contributed by atoms with van der Waals surface area (Å²) in [6, 6.07) is 6.71. The molecule has 0 aliphatic heterocycles. The first-order valence-electron chi connectivity index (χ1n) is 4.53. The minimum atomic E-state index is -0.945. The van der Waals surface area contributed by atoms with Crippen molar-refractivity contribution < 1.29 is 9.90 Å². The molecule has 5 heteroatoms. The third-order valence-corrected chi connectivity index (χ3v) is 2.79. The van der Waals surface area contributed by atoms with Gasteiger partial charge in [0.2, 0.25) is 0 Å². The van der Waals surface area contributed by atoms with Gasteiger partial charge in [-0.2, -0.15) is 0 Å². The van der Waals surface area contributed by atoms with Crippen molar-refractivity contribution in [3.63, 3.8) is 0 Å². The van der Waals surface area contributed by atoms with E-state index in [-0.39, 0.29) is 5.56 Å². The van der Waals surface area contributed by atoms with Gasteiger partial charge in [-0.15, -0.1) is 0 Å². The van der Waals surface area contributed by atoms with Gasteiger partial charge in [0.25, 0.3) is 0 Å². The minimum Gasteiger partial charge on any atom is -0.478 e. The molecule has 0 aliphatic rings. The third kappa shape index (κ3) is 2.58. The number of rotatable bonds is 3. The van der Waals surface area contributed by atoms with E-state index in [0.29, 0.717) is 5.03 Å². The van der Waals surface area contributed by atoms with Gasteiger partial charge < -0.3 is 5.11 Å². The SMILES string of the molecule is O=C(O)c1ccnc(Sc2ccncc2)c1. The van der Waals surface area contributed by atoms with Crippen molar-refractivity contribution in [2.24, 2.45) is 0 Å². The first-order chi connectivity index (χ1) is 7.75. The lowest BCUT2D eigenvalue weighted by Crippen LogP contribution is -1.96. The number of pyridine rings is 2. The van der Waals surface area contributed by atoms with Crippen LogP contribution >= 0.6 is 11.8 Å². The molecule has 0 bridgehead atoms. The standard InChI is InChI=1S/C11H8N2O2S/c14-11(15)8-1-6-13-10(7-8)16-9-2-4-12-5-3-9/h1-7H,(H,14,15). The number of carbonyl (C=O) groups is 1. The summed E-state index contributed by atoms with van der Waals surface area (Å²) in [5, 5.41) is 9.49. The van der Waals surface area contributed by atoms with Crippen LogP contribution in [0.5, 0.6) is 0 Å². The van der Waals surface area contributed by atoms with Crippen molar-refractivity contribution in [1.29, 1.82) is 0 Å². The molecule has 2 rings (SSSR count). The Morgan fingerprint density at radius 2 is 1.94 bits per heavy atom. The minimum absolute atomic E-state index is 0.242. The van der Waals surface area contributed by atoms with Crippen LogP contribution in [-0.4, -0.2) is 21.0 Å². The first-order valence-corrected chi connectivity index (χ1v) is 5.34. The highest BCUT2D eigenvalue weighted by molar-refractivity contribution is 7.99. The number of aromatic nitrogens is 2. The zero-order valence-electron chi connectivity index (χ0n) is 8.20. The molecule has 0 amide bonds. The Morgan fingerprint density at radius 3 is 2.62 bits per heavy atom. The highest BCUT2D eigenvalue weighted by Crippen LogP contribution is 2.25. The van der Waals surface area contributed by atoms with Crippen molar-refractivity contribution in [3.8, 4) is 0 Å². The van der Waals surface area contributed by atoms with Crippen LogP contribution in [0.1, 0.15) is 10.4 Å². The molecule has 0 aliphatic carbocycles. The summed E-state index contributed by atoms with van der Waals surface area (Å²) >= 11 is 1.40.